The van der Waals surface area contributed by atoms with Crippen LogP contribution in [0.1, 0.15) is 22.1 Å². The van der Waals surface area contributed by atoms with Crippen LogP contribution in [0.5, 0.6) is 23.0 Å². The lowest BCUT2D eigenvalue weighted by Crippen LogP contribution is -2.10. The molecular weight excluding hydrogens is 314 g/mol. The van der Waals surface area contributed by atoms with Crippen LogP contribution in [-0.4, -0.2) is 27.0 Å². The van der Waals surface area contributed by atoms with Crippen molar-refractivity contribution in [1.29, 1.82) is 0 Å². The van der Waals surface area contributed by atoms with E-state index >= 15 is 0 Å². The first kappa shape index (κ1) is 14.5. The summed E-state index contributed by atoms with van der Waals surface area (Å²) < 4.78 is 26.6. The molecule has 0 spiro atoms. The van der Waals surface area contributed by atoms with Gasteiger partial charge < -0.3 is 29.0 Å². The number of hydrogen-bond donors (Lipinski definition) is 1. The zero-order valence-corrected chi connectivity index (χ0v) is 13.1. The van der Waals surface area contributed by atoms with Gasteiger partial charge in [0.25, 0.3) is 0 Å². The largest absolute Gasteiger partial charge is 0.493 e. The highest BCUT2D eigenvalue weighted by Gasteiger charge is 2.36. The fraction of sp³-hybridized carbons (Fsp3) is 0.235. The molecule has 24 heavy (non-hydrogen) atoms. The predicted molar refractivity (Wildman–Crippen MR) is 83.9 cm³/mol. The van der Waals surface area contributed by atoms with Gasteiger partial charge in [0.1, 0.15) is 5.56 Å². The van der Waals surface area contributed by atoms with Crippen LogP contribution < -0.4 is 24.3 Å². The second kappa shape index (κ2) is 5.52. The lowest BCUT2D eigenvalue weighted by molar-refractivity contribution is 0.0435. The van der Waals surface area contributed by atoms with Crippen molar-refractivity contribution in [3.63, 3.8) is 0 Å². The molecule has 2 aliphatic rings. The van der Waals surface area contributed by atoms with Crippen LogP contribution >= 0.6 is 0 Å². The van der Waals surface area contributed by atoms with E-state index in [0.717, 1.165) is 5.69 Å². The van der Waals surface area contributed by atoms with E-state index in [1.54, 1.807) is 24.3 Å². The summed E-state index contributed by atoms with van der Waals surface area (Å²) in [6.45, 7) is 0.205. The maximum atomic E-state index is 12.3. The molecule has 2 aliphatic heterocycles. The molecule has 4 rings (SSSR count). The Morgan fingerprint density at radius 2 is 1.92 bits per heavy atom. The highest BCUT2D eigenvalue weighted by Crippen LogP contribution is 2.43. The van der Waals surface area contributed by atoms with E-state index < -0.39 is 12.2 Å². The zero-order chi connectivity index (χ0) is 16.7. The number of esters is 1. The van der Waals surface area contributed by atoms with Gasteiger partial charge in [-0.2, -0.15) is 0 Å². The molecule has 0 unspecified atom stereocenters. The zero-order valence-electron chi connectivity index (χ0n) is 13.1. The molecule has 2 aromatic carbocycles. The van der Waals surface area contributed by atoms with E-state index in [9.17, 15) is 4.79 Å². The first-order valence-corrected chi connectivity index (χ1v) is 7.33. The fourth-order valence-electron chi connectivity index (χ4n) is 2.85. The van der Waals surface area contributed by atoms with Crippen molar-refractivity contribution in [2.45, 2.75) is 6.23 Å². The molecule has 0 aromatic heterocycles. The van der Waals surface area contributed by atoms with Gasteiger partial charge in [-0.1, -0.05) is 0 Å². The van der Waals surface area contributed by atoms with Crippen molar-refractivity contribution in [2.24, 2.45) is 0 Å². The number of carbonyl (C=O) groups is 1. The average molecular weight is 329 g/mol. The molecule has 2 aromatic rings. The summed E-state index contributed by atoms with van der Waals surface area (Å²) in [5.41, 5.74) is 1.81. The van der Waals surface area contributed by atoms with Crippen LogP contribution in [0.25, 0.3) is 0 Å². The second-order valence-electron chi connectivity index (χ2n) is 5.26. The summed E-state index contributed by atoms with van der Waals surface area (Å²) in [6, 6.07) is 8.96. The number of anilines is 1. The maximum absolute atomic E-state index is 12.3. The lowest BCUT2D eigenvalue weighted by Gasteiger charge is -2.15. The summed E-state index contributed by atoms with van der Waals surface area (Å²) >= 11 is 0. The molecule has 1 N–H and O–H groups in total. The first-order chi connectivity index (χ1) is 11.7. The number of fused-ring (bicyclic) bond motifs is 2. The molecule has 0 radical (unpaired) electrons. The molecule has 0 saturated heterocycles. The van der Waals surface area contributed by atoms with Crippen molar-refractivity contribution in [1.82, 2.24) is 0 Å². The standard InChI is InChI=1S/C17H15NO6/c1-20-12-6-4-10-14(15(12)21-2)17(19)24-16(10)18-9-3-5-11-13(7-9)23-8-22-11/h3-7,16,18H,8H2,1-2H3/t16-/m1/s1. The number of hydrogen-bond acceptors (Lipinski definition) is 7. The molecule has 0 fully saturated rings. The Balaban J connectivity index is 1.67. The summed E-state index contributed by atoms with van der Waals surface area (Å²) in [5, 5.41) is 3.17. The monoisotopic (exact) mass is 329 g/mol. The number of rotatable bonds is 4. The van der Waals surface area contributed by atoms with Gasteiger partial charge in [-0.15, -0.1) is 0 Å². The van der Waals surface area contributed by atoms with Crippen LogP contribution in [0.15, 0.2) is 30.3 Å². The number of nitrogens with one attached hydrogen (secondary N) is 1. The van der Waals surface area contributed by atoms with Crippen LogP contribution in [0.3, 0.4) is 0 Å². The van der Waals surface area contributed by atoms with Crippen LogP contribution in [0, 0.1) is 0 Å². The topological polar surface area (TPSA) is 75.3 Å². The third kappa shape index (κ3) is 2.17. The Morgan fingerprint density at radius 3 is 2.71 bits per heavy atom. The number of carbonyl (C=O) groups excluding carboxylic acids is 1. The molecule has 7 nitrogen and oxygen atoms in total. The van der Waals surface area contributed by atoms with E-state index in [-0.39, 0.29) is 6.79 Å². The van der Waals surface area contributed by atoms with E-state index in [2.05, 4.69) is 5.32 Å². The minimum atomic E-state index is -0.618. The first-order valence-electron chi connectivity index (χ1n) is 7.33. The fourth-order valence-corrected chi connectivity index (χ4v) is 2.85. The molecular formula is C17H15NO6. The summed E-state index contributed by atoms with van der Waals surface area (Å²) in [5.74, 6) is 1.73. The van der Waals surface area contributed by atoms with Gasteiger partial charge in [0, 0.05) is 17.3 Å². The maximum Gasteiger partial charge on any atom is 0.344 e. The van der Waals surface area contributed by atoms with Crippen molar-refractivity contribution < 1.29 is 28.5 Å². The van der Waals surface area contributed by atoms with Crippen molar-refractivity contribution in [3.05, 3.63) is 41.5 Å². The van der Waals surface area contributed by atoms with Crippen LogP contribution in [0.4, 0.5) is 5.69 Å². The Hall–Kier alpha value is -3.09. The molecule has 0 saturated carbocycles. The summed E-state index contributed by atoms with van der Waals surface area (Å²) in [6.07, 6.45) is -0.618. The quantitative estimate of drug-likeness (QED) is 0.864. The van der Waals surface area contributed by atoms with Crippen molar-refractivity contribution >= 4 is 11.7 Å². The summed E-state index contributed by atoms with van der Waals surface area (Å²) in [4.78, 5) is 12.3. The van der Waals surface area contributed by atoms with Gasteiger partial charge in [0.2, 0.25) is 13.0 Å². The van der Waals surface area contributed by atoms with Gasteiger partial charge in [-0.3, -0.25) is 0 Å². The van der Waals surface area contributed by atoms with E-state index in [1.807, 2.05) is 6.07 Å². The van der Waals surface area contributed by atoms with Crippen molar-refractivity contribution in [2.75, 3.05) is 26.3 Å². The SMILES string of the molecule is COc1ccc2c(c1OC)C(=O)O[C@H]2Nc1ccc2c(c1)OCO2. The van der Waals surface area contributed by atoms with Crippen molar-refractivity contribution in [3.8, 4) is 23.0 Å². The van der Waals surface area contributed by atoms with E-state index in [4.69, 9.17) is 23.7 Å². The number of methoxy groups -OCH3 is 2. The van der Waals surface area contributed by atoms with E-state index in [1.165, 1.54) is 14.2 Å². The van der Waals surface area contributed by atoms with E-state index in [0.29, 0.717) is 34.1 Å². The molecule has 0 bridgehead atoms. The van der Waals surface area contributed by atoms with Gasteiger partial charge in [0.05, 0.1) is 14.2 Å². The number of benzene rings is 2. The molecule has 1 atom stereocenters. The van der Waals surface area contributed by atoms with Gasteiger partial charge in [0.15, 0.2) is 23.0 Å². The van der Waals surface area contributed by atoms with Crippen LogP contribution in [0.2, 0.25) is 0 Å². The smallest absolute Gasteiger partial charge is 0.344 e. The van der Waals surface area contributed by atoms with Gasteiger partial charge in [-0.05, 0) is 24.3 Å². The summed E-state index contributed by atoms with van der Waals surface area (Å²) in [7, 11) is 3.01. The number of cyclic esters (lactones) is 1. The minimum absolute atomic E-state index is 0.205. The molecule has 7 heteroatoms. The van der Waals surface area contributed by atoms with Gasteiger partial charge >= 0.3 is 5.97 Å². The van der Waals surface area contributed by atoms with Gasteiger partial charge in [-0.25, -0.2) is 4.79 Å². The normalized spacial score (nSPS) is 17.2. The Kier molecular flexibility index (Phi) is 3.34. The predicted octanol–water partition coefficient (Wildman–Crippen LogP) is 2.71. The molecule has 124 valence electrons. The number of ether oxygens (including phenoxy) is 5. The Morgan fingerprint density at radius 1 is 1.08 bits per heavy atom. The second-order valence-corrected chi connectivity index (χ2v) is 5.26. The minimum Gasteiger partial charge on any atom is -0.493 e. The molecule has 0 amide bonds. The third-order valence-corrected chi connectivity index (χ3v) is 3.96. The Bertz CT molecular complexity index is 819. The highest BCUT2D eigenvalue weighted by molar-refractivity contribution is 5.98. The average Bonchev–Trinajstić information content (AvgIpc) is 3.18. The Labute approximate surface area is 138 Å². The highest BCUT2D eigenvalue weighted by atomic mass is 16.7. The molecule has 2 heterocycles. The van der Waals surface area contributed by atoms with Crippen LogP contribution in [-0.2, 0) is 4.74 Å². The lowest BCUT2D eigenvalue weighted by atomic mass is 10.1. The molecule has 0 aliphatic carbocycles. The third-order valence-electron chi connectivity index (χ3n) is 3.96.